The van der Waals surface area contributed by atoms with Crippen LogP contribution in [0.4, 0.5) is 0 Å². The smallest absolute Gasteiger partial charge is 0.387 e. The fraction of sp³-hybridized carbons (Fsp3) is 0.892. The minimum atomic E-state index is -4.35. The van der Waals surface area contributed by atoms with Gasteiger partial charge in [0.25, 0.3) is 0 Å². The van der Waals surface area contributed by atoms with Gasteiger partial charge in [0.2, 0.25) is 5.91 Å². The molecule has 0 rings (SSSR count). The van der Waals surface area contributed by atoms with Crippen LogP contribution in [0.15, 0.2) is 36.5 Å². The van der Waals surface area contributed by atoms with Gasteiger partial charge in [-0.25, -0.2) is 4.57 Å². The summed E-state index contributed by atoms with van der Waals surface area (Å²) in [6, 6.07) is -0.866. The van der Waals surface area contributed by atoms with E-state index in [1.54, 1.807) is 6.08 Å². The van der Waals surface area contributed by atoms with E-state index in [1.807, 2.05) is 27.2 Å². The summed E-state index contributed by atoms with van der Waals surface area (Å²) in [6.45, 7) is 4.74. The van der Waals surface area contributed by atoms with E-state index >= 15 is 0 Å². The van der Waals surface area contributed by atoms with E-state index in [2.05, 4.69) is 43.5 Å². The second kappa shape index (κ2) is 56.4. The van der Waals surface area contributed by atoms with Gasteiger partial charge < -0.3 is 19.8 Å². The molecule has 0 saturated heterocycles. The number of phosphoric acid groups is 1. The number of hydrogen-bond acceptors (Lipinski definition) is 5. The number of allylic oxidation sites excluding steroid dienone is 5. The molecule has 1 amide bonds. The molecule has 0 radical (unpaired) electrons. The van der Waals surface area contributed by atoms with Crippen LogP contribution in [-0.4, -0.2) is 73.4 Å². The fourth-order valence-electron chi connectivity index (χ4n) is 9.79. The minimum absolute atomic E-state index is 0.0547. The second-order valence-corrected chi connectivity index (χ2v) is 24.9. The van der Waals surface area contributed by atoms with E-state index in [4.69, 9.17) is 9.05 Å². The normalized spacial score (nSPS) is 14.0. The zero-order chi connectivity index (χ0) is 54.2. The number of likely N-dealkylation sites (N-methyl/N-ethyl adjacent to an activating group) is 1. The van der Waals surface area contributed by atoms with Gasteiger partial charge in [-0.15, -0.1) is 0 Å². The van der Waals surface area contributed by atoms with Gasteiger partial charge in [-0.3, -0.25) is 13.8 Å². The number of nitrogens with zero attached hydrogens (tertiary/aromatic N) is 1. The van der Waals surface area contributed by atoms with Gasteiger partial charge in [0.05, 0.1) is 39.9 Å². The monoisotopic (exact) mass is 1060 g/mol. The lowest BCUT2D eigenvalue weighted by Gasteiger charge is -2.25. The summed E-state index contributed by atoms with van der Waals surface area (Å²) < 4.78 is 23.6. The molecule has 0 spiro atoms. The molecule has 3 N–H and O–H groups in total. The highest BCUT2D eigenvalue weighted by molar-refractivity contribution is 7.47. The molecule has 8 nitrogen and oxygen atoms in total. The van der Waals surface area contributed by atoms with Crippen molar-refractivity contribution in [2.45, 2.75) is 334 Å². The second-order valence-electron chi connectivity index (χ2n) is 23.5. The lowest BCUT2D eigenvalue weighted by molar-refractivity contribution is -0.870. The number of amides is 1. The van der Waals surface area contributed by atoms with Crippen LogP contribution in [0.3, 0.4) is 0 Å². The number of aliphatic hydroxyl groups is 1. The zero-order valence-corrected chi connectivity index (χ0v) is 51.0. The van der Waals surface area contributed by atoms with Crippen molar-refractivity contribution in [2.24, 2.45) is 0 Å². The molecule has 0 fully saturated rings. The lowest BCUT2D eigenvalue weighted by Crippen LogP contribution is -2.45. The average Bonchev–Trinajstić information content (AvgIpc) is 3.36. The van der Waals surface area contributed by atoms with E-state index in [9.17, 15) is 19.4 Å². The Morgan fingerprint density at radius 2 is 0.743 bits per heavy atom. The van der Waals surface area contributed by atoms with Gasteiger partial charge >= 0.3 is 7.82 Å². The Hall–Kier alpha value is -1.28. The number of nitrogens with one attached hydrogen (secondary N) is 1. The predicted molar refractivity (Wildman–Crippen MR) is 323 cm³/mol. The molecule has 0 aromatic carbocycles. The largest absolute Gasteiger partial charge is 0.472 e. The summed E-state index contributed by atoms with van der Waals surface area (Å²) in [5.74, 6) is -0.188. The van der Waals surface area contributed by atoms with Crippen molar-refractivity contribution in [1.82, 2.24) is 5.32 Å². The summed E-state index contributed by atoms with van der Waals surface area (Å²) in [5, 5.41) is 13.8. The van der Waals surface area contributed by atoms with Crippen LogP contribution in [0.1, 0.15) is 322 Å². The van der Waals surface area contributed by atoms with Gasteiger partial charge in [-0.05, 0) is 38.5 Å². The summed E-state index contributed by atoms with van der Waals surface area (Å²) >= 11 is 0. The molecule has 74 heavy (non-hydrogen) atoms. The third-order valence-electron chi connectivity index (χ3n) is 14.8. The summed E-state index contributed by atoms with van der Waals surface area (Å²) in [6.07, 6.45) is 74.7. The van der Waals surface area contributed by atoms with Crippen LogP contribution < -0.4 is 5.32 Å². The highest BCUT2D eigenvalue weighted by Crippen LogP contribution is 2.43. The highest BCUT2D eigenvalue weighted by atomic mass is 31.2. The number of rotatable bonds is 60. The molecule has 0 bridgehead atoms. The number of phosphoric ester groups is 1. The SMILES string of the molecule is CCC/C=C/CC/C=C/CC/C=C/C(O)C(COP(=O)(O)OCC[N+](C)(C)C)NC(=O)CCCCCCCCCCCCCCCCCCCCCCCCCCCCCCCCCCCCCCCCCCC. The number of hydrogen-bond donors (Lipinski definition) is 3. The maximum absolute atomic E-state index is 12.9. The average molecular weight is 1060 g/mol. The first kappa shape index (κ1) is 72.7. The molecule has 0 saturated carbocycles. The van der Waals surface area contributed by atoms with Crippen LogP contribution in [0.5, 0.6) is 0 Å². The molecule has 0 aliphatic rings. The first-order valence-electron chi connectivity index (χ1n) is 32.4. The Bertz CT molecular complexity index is 1300. The van der Waals surface area contributed by atoms with Crippen LogP contribution in [0.2, 0.25) is 0 Å². The Morgan fingerprint density at radius 3 is 1.05 bits per heavy atom. The topological polar surface area (TPSA) is 105 Å². The molecule has 3 atom stereocenters. The summed E-state index contributed by atoms with van der Waals surface area (Å²) in [4.78, 5) is 23.2. The van der Waals surface area contributed by atoms with Crippen molar-refractivity contribution >= 4 is 13.7 Å². The van der Waals surface area contributed by atoms with Crippen molar-refractivity contribution in [3.8, 4) is 0 Å². The first-order valence-corrected chi connectivity index (χ1v) is 33.9. The molecule has 0 aromatic heterocycles. The number of aliphatic hydroxyl groups excluding tert-OH is 1. The molecule has 438 valence electrons. The Morgan fingerprint density at radius 1 is 0.446 bits per heavy atom. The molecule has 0 aliphatic carbocycles. The number of carbonyl (C=O) groups excluding carboxylic acids is 1. The van der Waals surface area contributed by atoms with E-state index in [0.29, 0.717) is 17.4 Å². The van der Waals surface area contributed by atoms with Gasteiger partial charge in [0.15, 0.2) is 0 Å². The van der Waals surface area contributed by atoms with Crippen molar-refractivity contribution < 1.29 is 32.9 Å². The highest BCUT2D eigenvalue weighted by Gasteiger charge is 2.27. The molecule has 0 heterocycles. The standard InChI is InChI=1S/C65H127N2O6P/c1-6-8-10-12-14-16-18-19-20-21-22-23-24-25-26-27-28-29-30-31-32-33-34-35-36-37-38-39-40-41-42-43-44-45-46-47-49-51-53-55-57-59-65(69)66-63(62-73-74(70,71)72-61-60-67(3,4)5)64(68)58-56-54-52-50-48-17-15-13-11-9-7-2/h11,13,48,50,56,58,63-64,68H,6-10,12,14-47,49,51-55,57,59-62H2,1-5H3,(H-,66,69,70,71)/p+1/b13-11+,50-48+,58-56+. The van der Waals surface area contributed by atoms with Crippen LogP contribution in [0, 0.1) is 0 Å². The van der Waals surface area contributed by atoms with Crippen molar-refractivity contribution in [1.29, 1.82) is 0 Å². The van der Waals surface area contributed by atoms with Crippen molar-refractivity contribution in [3.63, 3.8) is 0 Å². The molecular formula is C65H128N2O6P+. The third kappa shape index (κ3) is 58.4. The van der Waals surface area contributed by atoms with Crippen molar-refractivity contribution in [2.75, 3.05) is 40.9 Å². The molecule has 3 unspecified atom stereocenters. The van der Waals surface area contributed by atoms with Crippen LogP contribution in [0.25, 0.3) is 0 Å². The van der Waals surface area contributed by atoms with E-state index < -0.39 is 20.0 Å². The van der Waals surface area contributed by atoms with Crippen molar-refractivity contribution in [3.05, 3.63) is 36.5 Å². The minimum Gasteiger partial charge on any atom is -0.387 e. The van der Waals surface area contributed by atoms with Crippen LogP contribution >= 0.6 is 7.82 Å². The number of carbonyl (C=O) groups is 1. The maximum atomic E-state index is 12.9. The van der Waals surface area contributed by atoms with Crippen LogP contribution in [-0.2, 0) is 18.4 Å². The Balaban J connectivity index is 3.77. The van der Waals surface area contributed by atoms with Gasteiger partial charge in [0.1, 0.15) is 13.2 Å². The Labute approximate surface area is 461 Å². The molecule has 0 aromatic rings. The zero-order valence-electron chi connectivity index (χ0n) is 50.1. The van der Waals surface area contributed by atoms with E-state index in [1.165, 1.54) is 250 Å². The summed E-state index contributed by atoms with van der Waals surface area (Å²) in [5.41, 5.74) is 0. The number of unbranched alkanes of at least 4 members (excludes halogenated alkanes) is 43. The maximum Gasteiger partial charge on any atom is 0.472 e. The van der Waals surface area contributed by atoms with Gasteiger partial charge in [-0.1, -0.05) is 314 Å². The van der Waals surface area contributed by atoms with E-state index in [-0.39, 0.29) is 19.1 Å². The molecule has 9 heteroatoms. The van der Waals surface area contributed by atoms with Gasteiger partial charge in [0, 0.05) is 6.42 Å². The van der Waals surface area contributed by atoms with Gasteiger partial charge in [-0.2, -0.15) is 0 Å². The number of quaternary nitrogens is 1. The van der Waals surface area contributed by atoms with E-state index in [0.717, 1.165) is 51.4 Å². The lowest BCUT2D eigenvalue weighted by atomic mass is 10.0. The molecule has 0 aliphatic heterocycles. The quantitative estimate of drug-likeness (QED) is 0.0243. The summed E-state index contributed by atoms with van der Waals surface area (Å²) in [7, 11) is 1.55. The fourth-order valence-corrected chi connectivity index (χ4v) is 10.5. The first-order chi connectivity index (χ1) is 36.0. The Kier molecular flexibility index (Phi) is 55.5. The predicted octanol–water partition coefficient (Wildman–Crippen LogP) is 20.1. The third-order valence-corrected chi connectivity index (χ3v) is 15.8. The molecular weight excluding hydrogens is 936 g/mol.